The number of rotatable bonds is 1. The first kappa shape index (κ1) is 41.8. The van der Waals surface area contributed by atoms with Crippen LogP contribution in [0.2, 0.25) is 0 Å². The maximum atomic E-state index is 2.73. The van der Waals surface area contributed by atoms with Gasteiger partial charge in [0.15, 0.2) is 0 Å². The Kier molecular flexibility index (Phi) is 8.15. The highest BCUT2D eigenvalue weighted by atomic mass is 15.2. The number of benzene rings is 5. The molecule has 3 aliphatic heterocycles. The summed E-state index contributed by atoms with van der Waals surface area (Å²) in [5, 5.41) is 0. The number of hydrogen-bond donors (Lipinski definition) is 0. The van der Waals surface area contributed by atoms with E-state index in [1.54, 1.807) is 0 Å². The van der Waals surface area contributed by atoms with Gasteiger partial charge in [-0.2, -0.15) is 0 Å². The van der Waals surface area contributed by atoms with E-state index in [1.165, 1.54) is 101 Å². The lowest BCUT2D eigenvalue weighted by molar-refractivity contribution is 0.403. The normalized spacial score (nSPS) is 20.3. The summed E-state index contributed by atoms with van der Waals surface area (Å²) in [6.45, 7) is 46.3. The van der Waals surface area contributed by atoms with Gasteiger partial charge in [-0.05, 0) is 154 Å². The zero-order chi connectivity index (χ0) is 45.0. The molecule has 0 aromatic heterocycles. The fourth-order valence-corrected chi connectivity index (χ4v) is 13.4. The molecular formula is C59H73BN2. The summed E-state index contributed by atoms with van der Waals surface area (Å²) < 4.78 is 0. The van der Waals surface area contributed by atoms with Crippen molar-refractivity contribution in [2.24, 2.45) is 0 Å². The summed E-state index contributed by atoms with van der Waals surface area (Å²) in [6.07, 6.45) is 2.29. The van der Waals surface area contributed by atoms with E-state index in [0.717, 1.165) is 12.8 Å². The summed E-state index contributed by atoms with van der Waals surface area (Å²) >= 11 is 0. The molecule has 5 aliphatic rings. The van der Waals surface area contributed by atoms with Crippen molar-refractivity contribution in [1.82, 2.24) is 0 Å². The van der Waals surface area contributed by atoms with E-state index in [1.807, 2.05) is 0 Å². The first-order chi connectivity index (χ1) is 28.3. The molecular weight excluding hydrogens is 747 g/mol. The molecule has 2 nitrogen and oxygen atoms in total. The first-order valence-electron chi connectivity index (χ1n) is 23.8. The molecule has 3 heteroatoms. The molecule has 5 aromatic carbocycles. The van der Waals surface area contributed by atoms with Crippen LogP contribution in [-0.4, -0.2) is 6.71 Å². The van der Waals surface area contributed by atoms with Crippen LogP contribution in [0.4, 0.5) is 34.1 Å². The van der Waals surface area contributed by atoms with Crippen molar-refractivity contribution in [1.29, 1.82) is 0 Å². The van der Waals surface area contributed by atoms with Gasteiger partial charge >= 0.3 is 0 Å². The van der Waals surface area contributed by atoms with Crippen molar-refractivity contribution in [3.8, 4) is 0 Å². The van der Waals surface area contributed by atoms with Gasteiger partial charge in [-0.25, -0.2) is 0 Å². The van der Waals surface area contributed by atoms with E-state index in [0.29, 0.717) is 0 Å². The van der Waals surface area contributed by atoms with Crippen LogP contribution in [0.15, 0.2) is 72.8 Å². The van der Waals surface area contributed by atoms with E-state index in [4.69, 9.17) is 0 Å². The summed E-state index contributed by atoms with van der Waals surface area (Å²) in [5.74, 6) is 0. The third kappa shape index (κ3) is 5.67. The topological polar surface area (TPSA) is 6.48 Å². The predicted molar refractivity (Wildman–Crippen MR) is 270 cm³/mol. The third-order valence-electron chi connectivity index (χ3n) is 16.4. The summed E-state index contributed by atoms with van der Waals surface area (Å²) in [5.41, 5.74) is 25.5. The molecule has 0 amide bonds. The Morgan fingerprint density at radius 2 is 0.903 bits per heavy atom. The SMILES string of the molecule is CC(C)(C)c1cc2c3c(c1)N1c4ccc(C(C)(C)C)cc4C(C)(C)c4cc(C(C)(C)C)cc(c41)B3c1cc3c(cc1N2c1ccc2c(c1)C(C)(C)CC2(C)C)C(C)(C)CC3(C)C. The van der Waals surface area contributed by atoms with E-state index in [2.05, 4.69) is 214 Å². The van der Waals surface area contributed by atoms with Gasteiger partial charge < -0.3 is 9.80 Å². The van der Waals surface area contributed by atoms with Crippen molar-refractivity contribution >= 4 is 57.2 Å². The second kappa shape index (κ2) is 12.1. The van der Waals surface area contributed by atoms with E-state index in [9.17, 15) is 0 Å². The second-order valence-electron chi connectivity index (χ2n) is 26.7. The number of fused-ring (bicyclic) bond motifs is 8. The highest BCUT2D eigenvalue weighted by molar-refractivity contribution is 7.00. The molecule has 2 aliphatic carbocycles. The molecule has 0 atom stereocenters. The molecule has 10 rings (SSSR count). The third-order valence-corrected chi connectivity index (χ3v) is 16.4. The van der Waals surface area contributed by atoms with Crippen LogP contribution in [0, 0.1) is 0 Å². The zero-order valence-corrected chi connectivity index (χ0v) is 41.8. The lowest BCUT2D eigenvalue weighted by atomic mass is 9.32. The average molecular weight is 821 g/mol. The average Bonchev–Trinajstić information content (AvgIpc) is 3.45. The largest absolute Gasteiger partial charge is 0.311 e. The smallest absolute Gasteiger partial charge is 0.252 e. The number of nitrogens with zero attached hydrogens (tertiary/aromatic N) is 2. The van der Waals surface area contributed by atoms with Crippen LogP contribution in [0.5, 0.6) is 0 Å². The van der Waals surface area contributed by atoms with E-state index >= 15 is 0 Å². The van der Waals surface area contributed by atoms with Crippen molar-refractivity contribution in [2.75, 3.05) is 9.80 Å². The molecule has 0 saturated heterocycles. The van der Waals surface area contributed by atoms with Gasteiger partial charge in [0.05, 0.1) is 5.69 Å². The second-order valence-corrected chi connectivity index (χ2v) is 26.7. The van der Waals surface area contributed by atoms with Crippen molar-refractivity contribution < 1.29 is 0 Å². The van der Waals surface area contributed by atoms with Crippen LogP contribution < -0.4 is 26.2 Å². The minimum atomic E-state index is -0.209. The Bertz CT molecular complexity index is 2790. The zero-order valence-electron chi connectivity index (χ0n) is 41.8. The fourth-order valence-electron chi connectivity index (χ4n) is 13.4. The molecule has 5 aromatic rings. The lowest BCUT2D eigenvalue weighted by Crippen LogP contribution is -2.63. The van der Waals surface area contributed by atoms with Gasteiger partial charge in [0, 0.05) is 33.9 Å². The maximum Gasteiger partial charge on any atom is 0.252 e. The first-order valence-corrected chi connectivity index (χ1v) is 23.8. The van der Waals surface area contributed by atoms with Gasteiger partial charge in [0.2, 0.25) is 0 Å². The lowest BCUT2D eigenvalue weighted by Gasteiger charge is -2.51. The fraction of sp³-hybridized carbons (Fsp3) is 0.492. The van der Waals surface area contributed by atoms with Crippen molar-refractivity contribution in [3.63, 3.8) is 0 Å². The van der Waals surface area contributed by atoms with Gasteiger partial charge in [0.25, 0.3) is 6.71 Å². The minimum absolute atomic E-state index is 0.0301. The van der Waals surface area contributed by atoms with E-state index in [-0.39, 0.29) is 50.0 Å². The molecule has 0 unspecified atom stereocenters. The summed E-state index contributed by atoms with van der Waals surface area (Å²) in [4.78, 5) is 5.45. The Labute approximate surface area is 376 Å². The van der Waals surface area contributed by atoms with Crippen LogP contribution in [0.3, 0.4) is 0 Å². The van der Waals surface area contributed by atoms with Crippen LogP contribution >= 0.6 is 0 Å². The van der Waals surface area contributed by atoms with Crippen LogP contribution in [-0.2, 0) is 43.3 Å². The maximum absolute atomic E-state index is 2.73. The minimum Gasteiger partial charge on any atom is -0.311 e. The molecule has 3 heterocycles. The van der Waals surface area contributed by atoms with Crippen molar-refractivity contribution in [3.05, 3.63) is 123 Å². The highest BCUT2D eigenvalue weighted by Gasteiger charge is 2.52. The van der Waals surface area contributed by atoms with Crippen LogP contribution in [0.25, 0.3) is 0 Å². The number of hydrogen-bond acceptors (Lipinski definition) is 2. The standard InChI is InChI=1S/C59H73BN2/c1-52(2,3)34-20-23-46-42(24-34)59(18,19)43-25-35(53(4,5)6)26-45-51(43)62(46)49-28-36(54(7,8)9)27-48-50(49)60(45)44-30-40-41(58(16,17)33-57(40,14)15)31-47(44)61(48)37-21-22-38-39(29-37)56(12,13)32-55(38,10)11/h20-31H,32-33H2,1-19H3. The summed E-state index contributed by atoms with van der Waals surface area (Å²) in [7, 11) is 0. The van der Waals surface area contributed by atoms with Crippen LogP contribution in [0.1, 0.15) is 194 Å². The predicted octanol–water partition coefficient (Wildman–Crippen LogP) is 14.2. The summed E-state index contributed by atoms with van der Waals surface area (Å²) in [6, 6.07) is 30.7. The van der Waals surface area contributed by atoms with E-state index < -0.39 is 0 Å². The highest BCUT2D eigenvalue weighted by Crippen LogP contribution is 2.58. The monoisotopic (exact) mass is 821 g/mol. The molecule has 62 heavy (non-hydrogen) atoms. The van der Waals surface area contributed by atoms with Gasteiger partial charge in [0.1, 0.15) is 0 Å². The Morgan fingerprint density at radius 3 is 1.48 bits per heavy atom. The van der Waals surface area contributed by atoms with Crippen molar-refractivity contribution in [2.45, 2.75) is 188 Å². The molecule has 0 spiro atoms. The molecule has 0 bridgehead atoms. The number of anilines is 6. The van der Waals surface area contributed by atoms with Gasteiger partial charge in [-0.1, -0.05) is 168 Å². The Balaban J connectivity index is 1.38. The molecule has 0 radical (unpaired) electrons. The molecule has 0 N–H and O–H groups in total. The molecule has 322 valence electrons. The quantitative estimate of drug-likeness (QED) is 0.152. The molecule has 0 fully saturated rings. The molecule has 0 saturated carbocycles. The Morgan fingerprint density at radius 1 is 0.403 bits per heavy atom. The van der Waals surface area contributed by atoms with Gasteiger partial charge in [-0.15, -0.1) is 0 Å². The van der Waals surface area contributed by atoms with Gasteiger partial charge in [-0.3, -0.25) is 0 Å². The Hall–Kier alpha value is -4.24.